The van der Waals surface area contributed by atoms with Crippen molar-refractivity contribution < 1.29 is 17.9 Å². The number of benzene rings is 1. The number of methoxy groups -OCH3 is 2. The van der Waals surface area contributed by atoms with Gasteiger partial charge < -0.3 is 14.0 Å². The van der Waals surface area contributed by atoms with Crippen LogP contribution >= 0.6 is 0 Å². The van der Waals surface area contributed by atoms with Gasteiger partial charge >= 0.3 is 0 Å². The first-order valence-corrected chi connectivity index (χ1v) is 11.0. The number of rotatable bonds is 5. The monoisotopic (exact) mass is 406 g/mol. The summed E-state index contributed by atoms with van der Waals surface area (Å²) in [5.41, 5.74) is 0. The predicted octanol–water partition coefficient (Wildman–Crippen LogP) is 2.20. The molecule has 0 spiro atoms. The van der Waals surface area contributed by atoms with Crippen LogP contribution < -0.4 is 9.47 Å². The summed E-state index contributed by atoms with van der Waals surface area (Å²) in [6.07, 6.45) is 2.22. The Morgan fingerprint density at radius 2 is 1.86 bits per heavy atom. The highest BCUT2D eigenvalue weighted by molar-refractivity contribution is 7.89. The number of hydrogen-bond acceptors (Lipinski definition) is 6. The molecule has 0 aliphatic carbocycles. The number of aromatic nitrogens is 3. The van der Waals surface area contributed by atoms with Crippen LogP contribution in [0.25, 0.3) is 0 Å². The molecule has 2 aliphatic heterocycles. The van der Waals surface area contributed by atoms with Gasteiger partial charge in [-0.05, 0) is 25.0 Å². The molecule has 8 nitrogen and oxygen atoms in total. The molecule has 0 radical (unpaired) electrons. The second kappa shape index (κ2) is 7.04. The Bertz CT molecular complexity index is 986. The van der Waals surface area contributed by atoms with Gasteiger partial charge in [-0.1, -0.05) is 13.8 Å². The largest absolute Gasteiger partial charge is 0.497 e. The van der Waals surface area contributed by atoms with Crippen molar-refractivity contribution in [2.24, 2.45) is 0 Å². The lowest BCUT2D eigenvalue weighted by Crippen LogP contribution is -2.42. The normalized spacial score (nSPS) is 22.2. The summed E-state index contributed by atoms with van der Waals surface area (Å²) >= 11 is 0. The minimum atomic E-state index is -3.76. The van der Waals surface area contributed by atoms with Crippen LogP contribution in [0.5, 0.6) is 11.5 Å². The van der Waals surface area contributed by atoms with E-state index in [0.29, 0.717) is 24.5 Å². The van der Waals surface area contributed by atoms with E-state index in [1.54, 1.807) is 16.4 Å². The standard InChI is InChI=1S/C19H26N4O4S/c1-12(2)19-21-20-18-9-13-5-6-14(11-22(18)19)23(13)28(24,25)17-10-15(26-3)7-8-16(17)27-4/h7-8,10,12-14H,5-6,9,11H2,1-4H3. The SMILES string of the molecule is COc1ccc(OC)c(S(=O)(=O)N2C3CCC2Cn2c(nnc2C(C)C)C3)c1. The third kappa shape index (κ3) is 2.97. The molecule has 0 amide bonds. The third-order valence-electron chi connectivity index (χ3n) is 5.66. The maximum atomic E-state index is 13.7. The van der Waals surface area contributed by atoms with Crippen molar-refractivity contribution in [2.45, 2.75) is 62.6 Å². The maximum absolute atomic E-state index is 13.7. The molecule has 2 atom stereocenters. The number of ether oxygens (including phenoxy) is 2. The van der Waals surface area contributed by atoms with Crippen LogP contribution in [0.3, 0.4) is 0 Å². The summed E-state index contributed by atoms with van der Waals surface area (Å²) in [5.74, 6) is 2.83. The average molecular weight is 407 g/mol. The van der Waals surface area contributed by atoms with Gasteiger partial charge in [0, 0.05) is 37.0 Å². The lowest BCUT2D eigenvalue weighted by atomic mass is 10.1. The van der Waals surface area contributed by atoms with E-state index >= 15 is 0 Å². The van der Waals surface area contributed by atoms with Crippen molar-refractivity contribution in [3.8, 4) is 11.5 Å². The van der Waals surface area contributed by atoms with Gasteiger partial charge in [0.2, 0.25) is 10.0 Å². The van der Waals surface area contributed by atoms with Crippen molar-refractivity contribution in [2.75, 3.05) is 14.2 Å². The molecule has 28 heavy (non-hydrogen) atoms. The summed E-state index contributed by atoms with van der Waals surface area (Å²) in [4.78, 5) is 0.146. The first kappa shape index (κ1) is 19.2. The zero-order valence-corrected chi connectivity index (χ0v) is 17.4. The molecule has 2 bridgehead atoms. The van der Waals surface area contributed by atoms with Crippen molar-refractivity contribution in [3.63, 3.8) is 0 Å². The summed E-state index contributed by atoms with van der Waals surface area (Å²) in [7, 11) is -0.757. The van der Waals surface area contributed by atoms with Gasteiger partial charge in [-0.15, -0.1) is 10.2 Å². The van der Waals surface area contributed by atoms with Gasteiger partial charge in [0.15, 0.2) is 0 Å². The van der Waals surface area contributed by atoms with Crippen molar-refractivity contribution in [1.82, 2.24) is 19.1 Å². The minimum absolute atomic E-state index is 0.124. The molecule has 1 aromatic heterocycles. The van der Waals surface area contributed by atoms with Crippen LogP contribution in [-0.2, 0) is 23.0 Å². The summed E-state index contributed by atoms with van der Waals surface area (Å²) in [6.45, 7) is 4.74. The fraction of sp³-hybridized carbons (Fsp3) is 0.579. The van der Waals surface area contributed by atoms with Crippen molar-refractivity contribution in [3.05, 3.63) is 29.8 Å². The lowest BCUT2D eigenvalue weighted by molar-refractivity contribution is 0.310. The molecule has 0 N–H and O–H groups in total. The Labute approximate surface area is 165 Å². The summed E-state index contributed by atoms with van der Waals surface area (Å²) in [5, 5.41) is 8.69. The van der Waals surface area contributed by atoms with E-state index in [1.165, 1.54) is 20.3 Å². The van der Waals surface area contributed by atoms with E-state index in [-0.39, 0.29) is 22.9 Å². The van der Waals surface area contributed by atoms with Crippen LogP contribution in [-0.4, -0.2) is 53.8 Å². The minimum Gasteiger partial charge on any atom is -0.497 e. The van der Waals surface area contributed by atoms with Crippen molar-refractivity contribution >= 4 is 10.0 Å². The van der Waals surface area contributed by atoms with Gasteiger partial charge in [0.05, 0.1) is 14.2 Å². The Kier molecular flexibility index (Phi) is 4.83. The Hall–Kier alpha value is -2.13. The zero-order chi connectivity index (χ0) is 20.1. The molecule has 4 rings (SSSR count). The van der Waals surface area contributed by atoms with Gasteiger partial charge in [-0.25, -0.2) is 8.42 Å². The van der Waals surface area contributed by atoms with Crippen LogP contribution in [0.4, 0.5) is 0 Å². The molecular formula is C19H26N4O4S. The van der Waals surface area contributed by atoms with Gasteiger partial charge in [-0.2, -0.15) is 4.31 Å². The van der Waals surface area contributed by atoms with E-state index in [0.717, 1.165) is 24.5 Å². The first-order valence-electron chi connectivity index (χ1n) is 9.54. The molecule has 152 valence electrons. The molecule has 2 aliphatic rings. The van der Waals surface area contributed by atoms with Crippen LogP contribution in [0.15, 0.2) is 23.1 Å². The highest BCUT2D eigenvalue weighted by atomic mass is 32.2. The van der Waals surface area contributed by atoms with Crippen LogP contribution in [0.2, 0.25) is 0 Å². The van der Waals surface area contributed by atoms with E-state index in [4.69, 9.17) is 9.47 Å². The van der Waals surface area contributed by atoms with E-state index in [9.17, 15) is 8.42 Å². The van der Waals surface area contributed by atoms with Gasteiger partial charge in [0.1, 0.15) is 28.0 Å². The fourth-order valence-corrected chi connectivity index (χ4v) is 6.38. The maximum Gasteiger partial charge on any atom is 0.247 e. The number of sulfonamides is 1. The predicted molar refractivity (Wildman–Crippen MR) is 103 cm³/mol. The summed E-state index contributed by atoms with van der Waals surface area (Å²) < 4.78 is 41.8. The summed E-state index contributed by atoms with van der Waals surface area (Å²) in [6, 6.07) is 4.62. The molecule has 2 unspecified atom stereocenters. The van der Waals surface area contributed by atoms with Crippen LogP contribution in [0, 0.1) is 0 Å². The smallest absolute Gasteiger partial charge is 0.247 e. The Morgan fingerprint density at radius 1 is 1.11 bits per heavy atom. The molecule has 3 heterocycles. The first-order chi connectivity index (χ1) is 13.4. The quantitative estimate of drug-likeness (QED) is 0.757. The molecule has 9 heteroatoms. The third-order valence-corrected chi connectivity index (χ3v) is 7.69. The second-order valence-corrected chi connectivity index (χ2v) is 9.49. The van der Waals surface area contributed by atoms with Gasteiger partial charge in [0.25, 0.3) is 0 Å². The topological polar surface area (TPSA) is 86.5 Å². The highest BCUT2D eigenvalue weighted by Crippen LogP contribution is 2.39. The molecule has 2 aromatic rings. The zero-order valence-electron chi connectivity index (χ0n) is 16.6. The van der Waals surface area contributed by atoms with Crippen LogP contribution in [0.1, 0.15) is 44.3 Å². The fourth-order valence-electron chi connectivity index (χ4n) is 4.34. The molecular weight excluding hydrogens is 380 g/mol. The average Bonchev–Trinajstić information content (AvgIpc) is 3.21. The highest BCUT2D eigenvalue weighted by Gasteiger charge is 2.46. The lowest BCUT2D eigenvalue weighted by Gasteiger charge is -2.28. The molecule has 1 saturated heterocycles. The Balaban J connectivity index is 1.76. The number of nitrogens with zero attached hydrogens (tertiary/aromatic N) is 4. The molecule has 0 saturated carbocycles. The van der Waals surface area contributed by atoms with E-state index < -0.39 is 10.0 Å². The molecule has 1 aromatic carbocycles. The van der Waals surface area contributed by atoms with E-state index in [2.05, 4.69) is 28.6 Å². The number of hydrogen-bond donors (Lipinski definition) is 0. The Morgan fingerprint density at radius 3 is 2.54 bits per heavy atom. The second-order valence-electron chi connectivity index (χ2n) is 7.68. The van der Waals surface area contributed by atoms with Gasteiger partial charge in [-0.3, -0.25) is 0 Å². The molecule has 1 fully saturated rings. The van der Waals surface area contributed by atoms with Crippen molar-refractivity contribution in [1.29, 1.82) is 0 Å². The number of fused-ring (bicyclic) bond motifs is 3. The van der Waals surface area contributed by atoms with E-state index in [1.807, 2.05) is 0 Å².